The van der Waals surface area contributed by atoms with Crippen LogP contribution in [-0.4, -0.2) is 23.2 Å². The summed E-state index contributed by atoms with van der Waals surface area (Å²) in [5, 5.41) is 5.22. The molecule has 0 spiro atoms. The van der Waals surface area contributed by atoms with Crippen LogP contribution in [0, 0.1) is 12.8 Å². The first-order valence-electron chi connectivity index (χ1n) is 15.6. The molecular weight excluding hydrogens is 618 g/mol. The lowest BCUT2D eigenvalue weighted by Gasteiger charge is -2.34. The minimum absolute atomic E-state index is 0.110. The van der Waals surface area contributed by atoms with E-state index in [1.54, 1.807) is 37.3 Å². The molecule has 1 fully saturated rings. The summed E-state index contributed by atoms with van der Waals surface area (Å²) in [7, 11) is 0. The van der Waals surface area contributed by atoms with Crippen molar-refractivity contribution in [2.24, 2.45) is 5.92 Å². The summed E-state index contributed by atoms with van der Waals surface area (Å²) in [5.41, 5.74) is 0.0575. The third kappa shape index (κ3) is 7.24. The van der Waals surface area contributed by atoms with Crippen LogP contribution in [0.5, 0.6) is 0 Å². The number of para-hydroxylation sites is 2. The first kappa shape index (κ1) is 32.4. The van der Waals surface area contributed by atoms with E-state index in [0.717, 1.165) is 47.5 Å². The standard InChI is InChI=1S/C36H34F6N4O/c1-3-45(21-24-9-8-10-24)34-28(19-26-11-4-6-13-31(26)43-34)22-46(33-15-23(2)47-44-33)32-14-7-5-12-27(32)16-25-17-29(35(37,38)39)20-30(18-25)36(40,41)42/h4-7,11-15,17-20,24H,3,8-10,16,21-22H2,1-2H3. The van der Waals surface area contributed by atoms with Crippen molar-refractivity contribution in [3.63, 3.8) is 0 Å². The molecule has 0 unspecified atom stereocenters. The van der Waals surface area contributed by atoms with E-state index < -0.39 is 23.5 Å². The zero-order valence-electron chi connectivity index (χ0n) is 26.0. The Morgan fingerprint density at radius 2 is 1.51 bits per heavy atom. The Labute approximate surface area is 268 Å². The number of rotatable bonds is 10. The SMILES string of the molecule is CCN(CC1CCC1)c1nc2ccccc2cc1CN(c1cc(C)on1)c1ccccc1Cc1cc(C(F)(F)F)cc(C(F)(F)F)c1. The van der Waals surface area contributed by atoms with E-state index >= 15 is 0 Å². The lowest BCUT2D eigenvalue weighted by Crippen LogP contribution is -2.34. The summed E-state index contributed by atoms with van der Waals surface area (Å²) in [6.07, 6.45) is -6.51. The van der Waals surface area contributed by atoms with Gasteiger partial charge in [-0.25, -0.2) is 4.98 Å². The van der Waals surface area contributed by atoms with Gasteiger partial charge in [-0.05, 0) is 86.6 Å². The molecule has 5 aromatic rings. The number of hydrogen-bond donors (Lipinski definition) is 0. The maximum atomic E-state index is 13.7. The number of anilines is 3. The second-order valence-electron chi connectivity index (χ2n) is 12.1. The van der Waals surface area contributed by atoms with E-state index in [-0.39, 0.29) is 24.6 Å². The van der Waals surface area contributed by atoms with E-state index in [9.17, 15) is 26.3 Å². The highest BCUT2D eigenvalue weighted by Crippen LogP contribution is 2.39. The highest BCUT2D eigenvalue weighted by molar-refractivity contribution is 5.82. The van der Waals surface area contributed by atoms with Crippen molar-refractivity contribution in [3.8, 4) is 0 Å². The summed E-state index contributed by atoms with van der Waals surface area (Å²) in [5.74, 6) is 2.41. The molecule has 5 nitrogen and oxygen atoms in total. The third-order valence-electron chi connectivity index (χ3n) is 8.71. The fourth-order valence-corrected chi connectivity index (χ4v) is 6.10. The quantitative estimate of drug-likeness (QED) is 0.141. The fourth-order valence-electron chi connectivity index (χ4n) is 6.10. The van der Waals surface area contributed by atoms with E-state index in [1.165, 1.54) is 19.3 Å². The molecule has 1 saturated carbocycles. The average molecular weight is 653 g/mol. The van der Waals surface area contributed by atoms with Crippen LogP contribution in [0.3, 0.4) is 0 Å². The number of hydrogen-bond acceptors (Lipinski definition) is 5. The Hall–Kier alpha value is -4.54. The van der Waals surface area contributed by atoms with Crippen LogP contribution in [0.4, 0.5) is 43.7 Å². The van der Waals surface area contributed by atoms with Gasteiger partial charge < -0.3 is 14.3 Å². The number of aromatic nitrogens is 2. The van der Waals surface area contributed by atoms with Gasteiger partial charge in [0, 0.05) is 35.8 Å². The maximum absolute atomic E-state index is 13.7. The fraction of sp³-hybridized carbons (Fsp3) is 0.333. The van der Waals surface area contributed by atoms with Gasteiger partial charge in [0.1, 0.15) is 11.6 Å². The lowest BCUT2D eigenvalue weighted by molar-refractivity contribution is -0.143. The molecule has 0 radical (unpaired) electrons. The van der Waals surface area contributed by atoms with Gasteiger partial charge in [-0.2, -0.15) is 26.3 Å². The Kier molecular flexibility index (Phi) is 8.91. The summed E-state index contributed by atoms with van der Waals surface area (Å²) in [4.78, 5) is 9.27. The Morgan fingerprint density at radius 3 is 2.13 bits per heavy atom. The molecule has 0 saturated heterocycles. The molecule has 3 aromatic carbocycles. The van der Waals surface area contributed by atoms with Gasteiger partial charge >= 0.3 is 12.4 Å². The van der Waals surface area contributed by atoms with Crippen molar-refractivity contribution in [3.05, 3.63) is 112 Å². The van der Waals surface area contributed by atoms with Crippen molar-refractivity contribution < 1.29 is 30.9 Å². The number of nitrogens with zero attached hydrogens (tertiary/aromatic N) is 4. The molecule has 0 N–H and O–H groups in total. The molecule has 6 rings (SSSR count). The minimum Gasteiger partial charge on any atom is -0.360 e. The van der Waals surface area contributed by atoms with Crippen LogP contribution in [-0.2, 0) is 25.3 Å². The lowest BCUT2D eigenvalue weighted by atomic mass is 9.85. The number of benzene rings is 3. The van der Waals surface area contributed by atoms with E-state index in [2.05, 4.69) is 23.0 Å². The van der Waals surface area contributed by atoms with Crippen LogP contribution in [0.25, 0.3) is 10.9 Å². The second kappa shape index (κ2) is 12.9. The molecule has 0 bridgehead atoms. The Morgan fingerprint density at radius 1 is 0.830 bits per heavy atom. The van der Waals surface area contributed by atoms with Gasteiger partial charge in [-0.15, -0.1) is 0 Å². The zero-order valence-corrected chi connectivity index (χ0v) is 26.0. The van der Waals surface area contributed by atoms with Crippen LogP contribution in [0.15, 0.2) is 83.4 Å². The molecule has 1 aliphatic rings. The number of aryl methyl sites for hydroxylation is 1. The molecule has 1 aliphatic carbocycles. The highest BCUT2D eigenvalue weighted by Gasteiger charge is 2.37. The van der Waals surface area contributed by atoms with Crippen LogP contribution >= 0.6 is 0 Å². The largest absolute Gasteiger partial charge is 0.416 e. The van der Waals surface area contributed by atoms with E-state index in [0.29, 0.717) is 28.7 Å². The Balaban J connectivity index is 1.45. The number of halogens is 6. The highest BCUT2D eigenvalue weighted by atomic mass is 19.4. The van der Waals surface area contributed by atoms with Gasteiger partial charge in [0.2, 0.25) is 0 Å². The summed E-state index contributed by atoms with van der Waals surface area (Å²) < 4.78 is 87.6. The molecule has 0 amide bonds. The van der Waals surface area contributed by atoms with Gasteiger partial charge in [0.25, 0.3) is 0 Å². The summed E-state index contributed by atoms with van der Waals surface area (Å²) in [6.45, 7) is 5.73. The molecule has 2 aromatic heterocycles. The van der Waals surface area contributed by atoms with Gasteiger partial charge in [-0.1, -0.05) is 48.0 Å². The average Bonchev–Trinajstić information content (AvgIpc) is 3.44. The van der Waals surface area contributed by atoms with Crippen molar-refractivity contribution >= 4 is 28.2 Å². The molecule has 11 heteroatoms. The predicted molar refractivity (Wildman–Crippen MR) is 170 cm³/mol. The number of alkyl halides is 6. The second-order valence-corrected chi connectivity index (χ2v) is 12.1. The van der Waals surface area contributed by atoms with E-state index in [4.69, 9.17) is 9.51 Å². The van der Waals surface area contributed by atoms with Crippen molar-refractivity contribution in [1.82, 2.24) is 10.1 Å². The minimum atomic E-state index is -4.94. The number of fused-ring (bicyclic) bond motifs is 1. The van der Waals surface area contributed by atoms with E-state index in [1.807, 2.05) is 29.2 Å². The monoisotopic (exact) mass is 652 g/mol. The van der Waals surface area contributed by atoms with Crippen LogP contribution in [0.2, 0.25) is 0 Å². The molecule has 0 atom stereocenters. The van der Waals surface area contributed by atoms with Crippen LogP contribution in [0.1, 0.15) is 59.8 Å². The normalized spacial score (nSPS) is 14.0. The molecular formula is C36H34F6N4O. The summed E-state index contributed by atoms with van der Waals surface area (Å²) >= 11 is 0. The van der Waals surface area contributed by atoms with Gasteiger partial charge in [-0.3, -0.25) is 0 Å². The molecule has 0 aliphatic heterocycles. The molecule has 47 heavy (non-hydrogen) atoms. The molecule has 246 valence electrons. The first-order valence-corrected chi connectivity index (χ1v) is 15.6. The molecule has 2 heterocycles. The van der Waals surface area contributed by atoms with Gasteiger partial charge in [0.15, 0.2) is 5.82 Å². The summed E-state index contributed by atoms with van der Waals surface area (Å²) in [6, 6.07) is 20.4. The van der Waals surface area contributed by atoms with Gasteiger partial charge in [0.05, 0.1) is 23.2 Å². The smallest absolute Gasteiger partial charge is 0.360 e. The number of pyridine rings is 1. The first-order chi connectivity index (χ1) is 22.4. The van der Waals surface area contributed by atoms with Crippen molar-refractivity contribution in [2.45, 2.75) is 58.4 Å². The Bertz CT molecular complexity index is 1830. The predicted octanol–water partition coefficient (Wildman–Crippen LogP) is 10.1. The topological polar surface area (TPSA) is 45.4 Å². The van der Waals surface area contributed by atoms with Crippen molar-refractivity contribution in [2.75, 3.05) is 22.9 Å². The van der Waals surface area contributed by atoms with Crippen molar-refractivity contribution in [1.29, 1.82) is 0 Å². The third-order valence-corrected chi connectivity index (χ3v) is 8.71. The maximum Gasteiger partial charge on any atom is 0.416 e. The van der Waals surface area contributed by atoms with Crippen LogP contribution < -0.4 is 9.80 Å². The zero-order chi connectivity index (χ0) is 33.3.